The molecule has 2 rings (SSSR count). The molecule has 0 aliphatic carbocycles. The number of methoxy groups -OCH3 is 1. The van der Waals surface area contributed by atoms with Crippen molar-refractivity contribution in [3.63, 3.8) is 0 Å². The number of aromatic amines is 1. The van der Waals surface area contributed by atoms with E-state index in [-0.39, 0.29) is 5.69 Å². The Labute approximate surface area is 123 Å². The number of nitrogens with one attached hydrogen (secondary N) is 1. The molecule has 1 N–H and O–H groups in total. The topological polar surface area (TPSA) is 82.0 Å². The van der Waals surface area contributed by atoms with Gasteiger partial charge in [0.2, 0.25) is 0 Å². The molecule has 102 valence electrons. The van der Waals surface area contributed by atoms with Crippen LogP contribution in [0.4, 0.5) is 11.5 Å². The number of anilines is 2. The number of nitrogens with zero attached hydrogens (tertiary/aromatic N) is 3. The molecule has 1 aromatic heterocycles. The fraction of sp³-hybridized carbons (Fsp3) is 0.154. The highest BCUT2D eigenvalue weighted by Crippen LogP contribution is 2.33. The van der Waals surface area contributed by atoms with Gasteiger partial charge in [-0.2, -0.15) is 10.2 Å². The van der Waals surface area contributed by atoms with Gasteiger partial charge in [-0.05, 0) is 18.2 Å². The quantitative estimate of drug-likeness (QED) is 0.930. The fourth-order valence-electron chi connectivity index (χ4n) is 1.73. The second-order valence-corrected chi connectivity index (χ2v) is 4.86. The van der Waals surface area contributed by atoms with E-state index in [1.807, 2.05) is 18.2 Å². The van der Waals surface area contributed by atoms with Crippen LogP contribution in [0.1, 0.15) is 5.69 Å². The molecule has 1 aromatic carbocycles. The highest BCUT2D eigenvalue weighted by molar-refractivity contribution is 9.10. The van der Waals surface area contributed by atoms with Crippen molar-refractivity contribution in [3.05, 3.63) is 44.9 Å². The maximum Gasteiger partial charge on any atom is 0.347 e. The van der Waals surface area contributed by atoms with Crippen LogP contribution in [0.3, 0.4) is 0 Å². The lowest BCUT2D eigenvalue weighted by molar-refractivity contribution is 0.415. The molecule has 7 heteroatoms. The number of halogens is 1. The van der Waals surface area contributed by atoms with Gasteiger partial charge in [0.1, 0.15) is 23.3 Å². The summed E-state index contributed by atoms with van der Waals surface area (Å²) in [5.41, 5.74) is 0.310. The number of rotatable bonds is 3. The third kappa shape index (κ3) is 2.81. The van der Waals surface area contributed by atoms with Crippen molar-refractivity contribution < 1.29 is 4.74 Å². The minimum absolute atomic E-state index is 0.154. The lowest BCUT2D eigenvalue weighted by atomic mass is 10.2. The van der Waals surface area contributed by atoms with Crippen LogP contribution in [-0.4, -0.2) is 24.1 Å². The first kappa shape index (κ1) is 14.1. The second-order valence-electron chi connectivity index (χ2n) is 3.95. The standard InChI is InChI=1S/C13H11BrN4O2/c1-18(10-5-8(14)3-4-11(10)20-2)12-6-9(7-15)16-13(19)17-12/h3-6H,1-2H3,(H,16,17,19). The molecule has 0 aliphatic rings. The zero-order chi connectivity index (χ0) is 14.7. The summed E-state index contributed by atoms with van der Waals surface area (Å²) in [7, 11) is 3.31. The molecule has 6 nitrogen and oxygen atoms in total. The minimum Gasteiger partial charge on any atom is -0.495 e. The number of aromatic nitrogens is 2. The summed E-state index contributed by atoms with van der Waals surface area (Å²) < 4.78 is 6.15. The van der Waals surface area contributed by atoms with Crippen molar-refractivity contribution in [2.24, 2.45) is 0 Å². The first-order chi connectivity index (χ1) is 9.55. The van der Waals surface area contributed by atoms with Crippen LogP contribution in [-0.2, 0) is 0 Å². The Kier molecular flexibility index (Phi) is 4.05. The number of nitriles is 1. The molecule has 0 atom stereocenters. The van der Waals surface area contributed by atoms with Gasteiger partial charge >= 0.3 is 5.69 Å². The van der Waals surface area contributed by atoms with Crippen molar-refractivity contribution in [3.8, 4) is 11.8 Å². The van der Waals surface area contributed by atoms with Gasteiger partial charge in [0.05, 0.1) is 12.8 Å². The molecule has 0 bridgehead atoms. The van der Waals surface area contributed by atoms with E-state index in [1.54, 1.807) is 25.1 Å². The van der Waals surface area contributed by atoms with E-state index in [0.29, 0.717) is 11.6 Å². The number of hydrogen-bond acceptors (Lipinski definition) is 5. The molecular formula is C13H11BrN4O2. The molecule has 0 aliphatic heterocycles. The predicted molar refractivity (Wildman–Crippen MR) is 78.3 cm³/mol. The monoisotopic (exact) mass is 334 g/mol. The van der Waals surface area contributed by atoms with Crippen molar-refractivity contribution in [1.29, 1.82) is 5.26 Å². The molecule has 0 saturated heterocycles. The van der Waals surface area contributed by atoms with E-state index in [2.05, 4.69) is 25.9 Å². The molecular weight excluding hydrogens is 324 g/mol. The summed E-state index contributed by atoms with van der Waals surface area (Å²) in [6.45, 7) is 0. The molecule has 0 amide bonds. The molecule has 20 heavy (non-hydrogen) atoms. The van der Waals surface area contributed by atoms with E-state index in [1.165, 1.54) is 6.07 Å². The van der Waals surface area contributed by atoms with Crippen molar-refractivity contribution in [2.75, 3.05) is 19.1 Å². The Morgan fingerprint density at radius 2 is 2.20 bits per heavy atom. The van der Waals surface area contributed by atoms with Crippen LogP contribution in [0.5, 0.6) is 5.75 Å². The zero-order valence-electron chi connectivity index (χ0n) is 10.8. The van der Waals surface area contributed by atoms with E-state index in [0.717, 1.165) is 10.2 Å². The highest BCUT2D eigenvalue weighted by atomic mass is 79.9. The SMILES string of the molecule is COc1ccc(Br)cc1N(C)c1cc(C#N)[nH]c(=O)n1. The van der Waals surface area contributed by atoms with Gasteiger partial charge in [-0.1, -0.05) is 15.9 Å². The highest BCUT2D eigenvalue weighted by Gasteiger charge is 2.13. The van der Waals surface area contributed by atoms with Crippen molar-refractivity contribution in [2.45, 2.75) is 0 Å². The summed E-state index contributed by atoms with van der Waals surface area (Å²) >= 11 is 3.39. The molecule has 0 fully saturated rings. The largest absolute Gasteiger partial charge is 0.495 e. The third-order valence-electron chi connectivity index (χ3n) is 2.70. The maximum atomic E-state index is 11.4. The van der Waals surface area contributed by atoms with Crippen LogP contribution in [0.2, 0.25) is 0 Å². The average molecular weight is 335 g/mol. The molecule has 0 saturated carbocycles. The average Bonchev–Trinajstić information content (AvgIpc) is 2.45. The second kappa shape index (κ2) is 5.75. The zero-order valence-corrected chi connectivity index (χ0v) is 12.4. The Balaban J connectivity index is 2.54. The first-order valence-electron chi connectivity index (χ1n) is 5.64. The van der Waals surface area contributed by atoms with Gasteiger partial charge in [-0.3, -0.25) is 4.98 Å². The lowest BCUT2D eigenvalue weighted by Gasteiger charge is -2.20. The van der Waals surface area contributed by atoms with E-state index >= 15 is 0 Å². The summed E-state index contributed by atoms with van der Waals surface area (Å²) in [6, 6.07) is 8.88. The van der Waals surface area contributed by atoms with E-state index < -0.39 is 5.69 Å². The number of H-pyrrole nitrogens is 1. The van der Waals surface area contributed by atoms with Crippen LogP contribution >= 0.6 is 15.9 Å². The van der Waals surface area contributed by atoms with Gasteiger partial charge < -0.3 is 9.64 Å². The smallest absolute Gasteiger partial charge is 0.347 e. The fourth-order valence-corrected chi connectivity index (χ4v) is 2.07. The summed E-state index contributed by atoms with van der Waals surface area (Å²) in [5.74, 6) is 0.998. The Morgan fingerprint density at radius 1 is 1.45 bits per heavy atom. The summed E-state index contributed by atoms with van der Waals surface area (Å²) in [6.07, 6.45) is 0. The predicted octanol–water partition coefficient (Wildman–Crippen LogP) is 2.18. The normalized spacial score (nSPS) is 9.90. The summed E-state index contributed by atoms with van der Waals surface area (Å²) in [4.78, 5) is 19.3. The number of hydrogen-bond donors (Lipinski definition) is 1. The Morgan fingerprint density at radius 3 is 2.85 bits per heavy atom. The molecule has 0 unspecified atom stereocenters. The van der Waals surface area contributed by atoms with Gasteiger partial charge in [0.15, 0.2) is 0 Å². The van der Waals surface area contributed by atoms with Crippen LogP contribution in [0.25, 0.3) is 0 Å². The molecule has 0 spiro atoms. The summed E-state index contributed by atoms with van der Waals surface area (Å²) in [5, 5.41) is 8.89. The van der Waals surface area contributed by atoms with Crippen molar-refractivity contribution >= 4 is 27.4 Å². The number of benzene rings is 1. The third-order valence-corrected chi connectivity index (χ3v) is 3.19. The molecule has 0 radical (unpaired) electrons. The Hall–Kier alpha value is -2.33. The minimum atomic E-state index is -0.570. The van der Waals surface area contributed by atoms with Crippen LogP contribution < -0.4 is 15.3 Å². The molecule has 1 heterocycles. The molecule has 2 aromatic rings. The van der Waals surface area contributed by atoms with Crippen LogP contribution in [0, 0.1) is 11.3 Å². The van der Waals surface area contributed by atoms with E-state index in [4.69, 9.17) is 10.00 Å². The lowest BCUT2D eigenvalue weighted by Crippen LogP contribution is -2.19. The van der Waals surface area contributed by atoms with E-state index in [9.17, 15) is 4.79 Å². The van der Waals surface area contributed by atoms with Crippen molar-refractivity contribution in [1.82, 2.24) is 9.97 Å². The van der Waals surface area contributed by atoms with Gasteiger partial charge in [-0.25, -0.2) is 4.79 Å². The Bertz CT molecular complexity index is 736. The maximum absolute atomic E-state index is 11.4. The van der Waals surface area contributed by atoms with Crippen LogP contribution in [0.15, 0.2) is 33.5 Å². The van der Waals surface area contributed by atoms with Gasteiger partial charge in [-0.15, -0.1) is 0 Å². The number of ether oxygens (including phenoxy) is 1. The van der Waals surface area contributed by atoms with Gasteiger partial charge in [0, 0.05) is 17.6 Å². The first-order valence-corrected chi connectivity index (χ1v) is 6.43. The van der Waals surface area contributed by atoms with Gasteiger partial charge in [0.25, 0.3) is 0 Å².